The summed E-state index contributed by atoms with van der Waals surface area (Å²) in [7, 11) is 4.02. The van der Waals surface area contributed by atoms with Crippen molar-refractivity contribution in [3.63, 3.8) is 0 Å². The summed E-state index contributed by atoms with van der Waals surface area (Å²) in [6, 6.07) is 8.11. The maximum absolute atomic E-state index is 12.8. The van der Waals surface area contributed by atoms with Crippen LogP contribution in [0.1, 0.15) is 50.7 Å². The van der Waals surface area contributed by atoms with E-state index in [1.807, 2.05) is 26.2 Å². The summed E-state index contributed by atoms with van der Waals surface area (Å²) in [5, 5.41) is 8.86. The largest absolute Gasteiger partial charge is 0.481 e. The normalized spacial score (nSPS) is 12.1. The number of hydrogen-bond acceptors (Lipinski definition) is 4. The number of nitriles is 1. The lowest BCUT2D eigenvalue weighted by Crippen LogP contribution is -2.42. The Morgan fingerprint density at radius 2 is 1.88 bits per heavy atom. The predicted molar refractivity (Wildman–Crippen MR) is 105 cm³/mol. The molecule has 0 fully saturated rings. The minimum absolute atomic E-state index is 0.0652. The number of rotatable bonds is 10. The number of nitrogens with zero attached hydrogens (tertiary/aromatic N) is 3. The number of ether oxygens (including phenoxy) is 1. The van der Waals surface area contributed by atoms with Crippen molar-refractivity contribution >= 4 is 5.91 Å². The second kappa shape index (κ2) is 10.8. The first-order valence-corrected chi connectivity index (χ1v) is 9.34. The Hall–Kier alpha value is -2.06. The summed E-state index contributed by atoms with van der Waals surface area (Å²) in [4.78, 5) is 16.6. The van der Waals surface area contributed by atoms with Gasteiger partial charge in [0.25, 0.3) is 5.91 Å². The first-order chi connectivity index (χ1) is 12.3. The second-order valence-corrected chi connectivity index (χ2v) is 7.32. The van der Waals surface area contributed by atoms with Gasteiger partial charge in [-0.15, -0.1) is 0 Å². The third-order valence-electron chi connectivity index (χ3n) is 4.36. The van der Waals surface area contributed by atoms with Gasteiger partial charge in [-0.3, -0.25) is 4.79 Å². The summed E-state index contributed by atoms with van der Waals surface area (Å²) in [5.41, 5.74) is 2.46. The highest BCUT2D eigenvalue weighted by Crippen LogP contribution is 2.24. The molecule has 0 N–H and O–H groups in total. The van der Waals surface area contributed by atoms with Crippen LogP contribution in [0, 0.1) is 18.3 Å². The first-order valence-electron chi connectivity index (χ1n) is 9.34. The molecule has 144 valence electrons. The van der Waals surface area contributed by atoms with Crippen LogP contribution in [-0.2, 0) is 4.79 Å². The van der Waals surface area contributed by atoms with Crippen LogP contribution in [0.15, 0.2) is 18.2 Å². The Morgan fingerprint density at radius 1 is 1.19 bits per heavy atom. The number of carbonyl (C=O) groups is 1. The molecule has 0 aromatic heterocycles. The molecule has 0 aliphatic rings. The van der Waals surface area contributed by atoms with Gasteiger partial charge < -0.3 is 14.5 Å². The summed E-state index contributed by atoms with van der Waals surface area (Å²) in [5.74, 6) is 1.10. The molecule has 1 aromatic rings. The van der Waals surface area contributed by atoms with E-state index in [1.54, 1.807) is 11.8 Å². The molecule has 0 saturated carbocycles. The van der Waals surface area contributed by atoms with Crippen LogP contribution in [0.4, 0.5) is 0 Å². The Morgan fingerprint density at radius 3 is 2.42 bits per heavy atom. The average molecular weight is 360 g/mol. The second-order valence-electron chi connectivity index (χ2n) is 7.32. The molecule has 0 radical (unpaired) electrons. The topological polar surface area (TPSA) is 56.6 Å². The zero-order valence-corrected chi connectivity index (χ0v) is 17.1. The van der Waals surface area contributed by atoms with Gasteiger partial charge in [0.2, 0.25) is 0 Å². The molecule has 1 unspecified atom stereocenters. The average Bonchev–Trinajstić information content (AvgIpc) is 2.56. The van der Waals surface area contributed by atoms with Gasteiger partial charge in [0, 0.05) is 13.1 Å². The molecule has 0 spiro atoms. The molecule has 0 aliphatic heterocycles. The third-order valence-corrected chi connectivity index (χ3v) is 4.36. The van der Waals surface area contributed by atoms with Crippen LogP contribution in [-0.4, -0.2) is 55.5 Å². The molecular weight excluding hydrogens is 326 g/mol. The van der Waals surface area contributed by atoms with Gasteiger partial charge in [0.05, 0.1) is 12.5 Å². The van der Waals surface area contributed by atoms with Crippen LogP contribution in [0.3, 0.4) is 0 Å². The monoisotopic (exact) mass is 359 g/mol. The molecule has 1 amide bonds. The Kier molecular flexibility index (Phi) is 9.15. The molecule has 5 heteroatoms. The molecule has 1 rings (SSSR count). The number of benzene rings is 1. The highest BCUT2D eigenvalue weighted by Gasteiger charge is 2.22. The molecule has 1 atom stereocenters. The third kappa shape index (κ3) is 7.05. The zero-order valence-electron chi connectivity index (χ0n) is 17.1. The van der Waals surface area contributed by atoms with Crippen LogP contribution in [0.25, 0.3) is 0 Å². The van der Waals surface area contributed by atoms with Gasteiger partial charge in [-0.1, -0.05) is 19.9 Å². The van der Waals surface area contributed by atoms with Crippen LogP contribution in [0.2, 0.25) is 0 Å². The van der Waals surface area contributed by atoms with Gasteiger partial charge in [-0.2, -0.15) is 5.26 Å². The van der Waals surface area contributed by atoms with Crippen molar-refractivity contribution in [2.45, 2.75) is 52.6 Å². The van der Waals surface area contributed by atoms with Gasteiger partial charge in [0.1, 0.15) is 5.75 Å². The van der Waals surface area contributed by atoms with Crippen molar-refractivity contribution in [3.8, 4) is 11.8 Å². The number of carbonyl (C=O) groups excluding carboxylic acids is 1. The fourth-order valence-corrected chi connectivity index (χ4v) is 2.98. The fraction of sp³-hybridized carbons (Fsp3) is 0.619. The quantitative estimate of drug-likeness (QED) is 0.641. The number of hydrogen-bond donors (Lipinski definition) is 0. The lowest BCUT2D eigenvalue weighted by Gasteiger charge is -2.26. The standard InChI is InChI=1S/C21H33N3O2/c1-16(2)20-10-9-19(15-17(20)3)26-18(4)21(25)24(13-7-11-22)14-8-12-23(5)6/h9-10,15-16,18H,7-8,12-14H2,1-6H3. The zero-order chi connectivity index (χ0) is 19.7. The van der Waals surface area contributed by atoms with Crippen molar-refractivity contribution in [1.29, 1.82) is 5.26 Å². The minimum Gasteiger partial charge on any atom is -0.481 e. The van der Waals surface area contributed by atoms with Gasteiger partial charge >= 0.3 is 0 Å². The lowest BCUT2D eigenvalue weighted by atomic mass is 9.98. The van der Waals surface area contributed by atoms with E-state index in [0.29, 0.717) is 31.2 Å². The Balaban J connectivity index is 2.74. The van der Waals surface area contributed by atoms with Crippen molar-refractivity contribution < 1.29 is 9.53 Å². The van der Waals surface area contributed by atoms with E-state index >= 15 is 0 Å². The van der Waals surface area contributed by atoms with E-state index in [1.165, 1.54) is 11.1 Å². The molecular formula is C21H33N3O2. The predicted octanol–water partition coefficient (Wildman–Crippen LogP) is 3.58. The highest BCUT2D eigenvalue weighted by atomic mass is 16.5. The lowest BCUT2D eigenvalue weighted by molar-refractivity contribution is -0.138. The summed E-state index contributed by atoms with van der Waals surface area (Å²) in [6.07, 6.45) is 0.638. The SMILES string of the molecule is Cc1cc(OC(C)C(=O)N(CCC#N)CCCN(C)C)ccc1C(C)C. The summed E-state index contributed by atoms with van der Waals surface area (Å²) >= 11 is 0. The van der Waals surface area contributed by atoms with Gasteiger partial charge in [-0.25, -0.2) is 0 Å². The molecule has 0 saturated heterocycles. The summed E-state index contributed by atoms with van der Waals surface area (Å²) < 4.78 is 5.90. The van der Waals surface area contributed by atoms with E-state index in [9.17, 15) is 4.79 Å². The van der Waals surface area contributed by atoms with E-state index in [-0.39, 0.29) is 5.91 Å². The molecule has 1 aromatic carbocycles. The van der Waals surface area contributed by atoms with Gasteiger partial charge in [-0.05, 0) is 70.1 Å². The van der Waals surface area contributed by atoms with E-state index < -0.39 is 6.10 Å². The van der Waals surface area contributed by atoms with Crippen molar-refractivity contribution in [2.75, 3.05) is 33.7 Å². The molecule has 0 heterocycles. The van der Waals surface area contributed by atoms with Crippen molar-refractivity contribution in [3.05, 3.63) is 29.3 Å². The van der Waals surface area contributed by atoms with Crippen LogP contribution >= 0.6 is 0 Å². The maximum Gasteiger partial charge on any atom is 0.263 e. The molecule has 0 aliphatic carbocycles. The Labute approximate surface area is 158 Å². The molecule has 5 nitrogen and oxygen atoms in total. The smallest absolute Gasteiger partial charge is 0.263 e. The first kappa shape index (κ1) is 22.0. The van der Waals surface area contributed by atoms with Crippen molar-refractivity contribution in [1.82, 2.24) is 9.80 Å². The maximum atomic E-state index is 12.8. The van der Waals surface area contributed by atoms with Crippen molar-refractivity contribution in [2.24, 2.45) is 0 Å². The van der Waals surface area contributed by atoms with E-state index in [4.69, 9.17) is 10.00 Å². The van der Waals surface area contributed by atoms with Crippen LogP contribution in [0.5, 0.6) is 5.75 Å². The van der Waals surface area contributed by atoms with Gasteiger partial charge in [0.15, 0.2) is 6.10 Å². The molecule has 26 heavy (non-hydrogen) atoms. The van der Waals surface area contributed by atoms with Crippen LogP contribution < -0.4 is 4.74 Å². The van der Waals surface area contributed by atoms with E-state index in [0.717, 1.165) is 13.0 Å². The Bertz CT molecular complexity index is 620. The summed E-state index contributed by atoms with van der Waals surface area (Å²) in [6.45, 7) is 10.2. The fourth-order valence-electron chi connectivity index (χ4n) is 2.98. The minimum atomic E-state index is -0.572. The highest BCUT2D eigenvalue weighted by molar-refractivity contribution is 5.81. The number of amides is 1. The molecule has 0 bridgehead atoms. The number of aryl methyl sites for hydroxylation is 1. The van der Waals surface area contributed by atoms with E-state index in [2.05, 4.69) is 37.8 Å².